The minimum absolute atomic E-state index is 0.418. The van der Waals surface area contributed by atoms with Crippen molar-refractivity contribution in [3.63, 3.8) is 0 Å². The van der Waals surface area contributed by atoms with Gasteiger partial charge in [-0.05, 0) is 12.8 Å². The van der Waals surface area contributed by atoms with Crippen LogP contribution in [0.4, 0.5) is 0 Å². The third-order valence-corrected chi connectivity index (χ3v) is 1.99. The van der Waals surface area contributed by atoms with Crippen molar-refractivity contribution in [3.05, 3.63) is 0 Å². The van der Waals surface area contributed by atoms with Gasteiger partial charge < -0.3 is 9.47 Å². The first kappa shape index (κ1) is 9.01. The minimum atomic E-state index is 0.418. The van der Waals surface area contributed by atoms with Crippen LogP contribution in [0.1, 0.15) is 33.1 Å². The van der Waals surface area contributed by atoms with E-state index in [0.29, 0.717) is 12.2 Å². The van der Waals surface area contributed by atoms with Gasteiger partial charge in [-0.25, -0.2) is 0 Å². The highest BCUT2D eigenvalue weighted by molar-refractivity contribution is 4.68. The highest BCUT2D eigenvalue weighted by Crippen LogP contribution is 2.13. The van der Waals surface area contributed by atoms with Crippen LogP contribution in [0.2, 0.25) is 0 Å². The second kappa shape index (κ2) is 4.73. The lowest BCUT2D eigenvalue weighted by molar-refractivity contribution is 0.0346. The normalized spacial score (nSPS) is 25.1. The summed E-state index contributed by atoms with van der Waals surface area (Å²) in [5.41, 5.74) is 0. The van der Waals surface area contributed by atoms with E-state index in [2.05, 4.69) is 13.8 Å². The monoisotopic (exact) mass is 158 g/mol. The average Bonchev–Trinajstić information content (AvgIpc) is 2.81. The number of ether oxygens (including phenoxy) is 2. The fraction of sp³-hybridized carbons (Fsp3) is 1.00. The van der Waals surface area contributed by atoms with Gasteiger partial charge in [0.15, 0.2) is 0 Å². The quantitative estimate of drug-likeness (QED) is 0.551. The van der Waals surface area contributed by atoms with Crippen LogP contribution in [0.3, 0.4) is 0 Å². The Hall–Kier alpha value is -0.0800. The zero-order valence-electron chi connectivity index (χ0n) is 7.51. The van der Waals surface area contributed by atoms with E-state index < -0.39 is 0 Å². The first-order chi connectivity index (χ1) is 5.36. The van der Waals surface area contributed by atoms with Gasteiger partial charge in [0.25, 0.3) is 0 Å². The van der Waals surface area contributed by atoms with Crippen LogP contribution in [0.15, 0.2) is 0 Å². The highest BCUT2D eigenvalue weighted by Gasteiger charge is 2.23. The molecule has 2 unspecified atom stereocenters. The van der Waals surface area contributed by atoms with Gasteiger partial charge in [-0.3, -0.25) is 0 Å². The van der Waals surface area contributed by atoms with Crippen molar-refractivity contribution in [2.24, 2.45) is 0 Å². The van der Waals surface area contributed by atoms with Crippen molar-refractivity contribution in [1.82, 2.24) is 0 Å². The topological polar surface area (TPSA) is 21.8 Å². The third kappa shape index (κ3) is 3.73. The molecule has 1 aliphatic rings. The molecule has 1 aliphatic heterocycles. The summed E-state index contributed by atoms with van der Waals surface area (Å²) in [6.45, 7) is 6.08. The van der Waals surface area contributed by atoms with E-state index in [4.69, 9.17) is 9.47 Å². The Morgan fingerprint density at radius 1 is 1.55 bits per heavy atom. The minimum Gasteiger partial charge on any atom is -0.375 e. The predicted octanol–water partition coefficient (Wildman–Crippen LogP) is 1.98. The summed E-state index contributed by atoms with van der Waals surface area (Å²) in [4.78, 5) is 0. The molecule has 0 spiro atoms. The van der Waals surface area contributed by atoms with Crippen molar-refractivity contribution in [2.45, 2.75) is 45.3 Å². The molecular formula is C9H18O2. The molecule has 2 nitrogen and oxygen atoms in total. The molecule has 0 aromatic carbocycles. The number of hydrogen-bond acceptors (Lipinski definition) is 2. The molecule has 66 valence electrons. The Morgan fingerprint density at radius 3 is 2.73 bits per heavy atom. The summed E-state index contributed by atoms with van der Waals surface area (Å²) >= 11 is 0. The van der Waals surface area contributed by atoms with Gasteiger partial charge in [0, 0.05) is 0 Å². The van der Waals surface area contributed by atoms with Gasteiger partial charge in [0.2, 0.25) is 0 Å². The average molecular weight is 158 g/mol. The van der Waals surface area contributed by atoms with E-state index in [9.17, 15) is 0 Å². The molecule has 0 aromatic heterocycles. The van der Waals surface area contributed by atoms with E-state index in [1.165, 1.54) is 12.8 Å². The van der Waals surface area contributed by atoms with Crippen LogP contribution < -0.4 is 0 Å². The summed E-state index contributed by atoms with van der Waals surface area (Å²) in [6.07, 6.45) is 4.40. The van der Waals surface area contributed by atoms with Crippen molar-refractivity contribution < 1.29 is 9.47 Å². The number of hydrogen-bond donors (Lipinski definition) is 0. The molecule has 0 N–H and O–H groups in total. The van der Waals surface area contributed by atoms with Gasteiger partial charge >= 0.3 is 0 Å². The first-order valence-electron chi connectivity index (χ1n) is 4.60. The Morgan fingerprint density at radius 2 is 2.27 bits per heavy atom. The number of epoxide rings is 1. The molecular weight excluding hydrogens is 140 g/mol. The fourth-order valence-corrected chi connectivity index (χ4v) is 1.13. The zero-order valence-corrected chi connectivity index (χ0v) is 7.51. The Labute approximate surface area is 68.9 Å². The standard InChI is InChI=1S/C9H18O2/c1-3-5-8(4-2)10-6-9-7-11-9/h8-9H,3-7H2,1-2H3. The smallest absolute Gasteiger partial charge is 0.104 e. The molecule has 0 amide bonds. The highest BCUT2D eigenvalue weighted by atomic mass is 16.6. The van der Waals surface area contributed by atoms with Crippen LogP contribution in [-0.2, 0) is 9.47 Å². The van der Waals surface area contributed by atoms with Crippen LogP contribution in [0.25, 0.3) is 0 Å². The molecule has 1 heterocycles. The van der Waals surface area contributed by atoms with Gasteiger partial charge in [-0.2, -0.15) is 0 Å². The largest absolute Gasteiger partial charge is 0.375 e. The SMILES string of the molecule is CCCC(CC)OCC1CO1. The lowest BCUT2D eigenvalue weighted by atomic mass is 10.2. The summed E-state index contributed by atoms with van der Waals surface area (Å²) in [7, 11) is 0. The maximum Gasteiger partial charge on any atom is 0.104 e. The molecule has 1 fully saturated rings. The Kier molecular flexibility index (Phi) is 3.87. The first-order valence-corrected chi connectivity index (χ1v) is 4.60. The summed E-state index contributed by atoms with van der Waals surface area (Å²) in [5.74, 6) is 0. The molecule has 11 heavy (non-hydrogen) atoms. The number of rotatable bonds is 6. The molecule has 2 atom stereocenters. The molecule has 1 saturated heterocycles. The second-order valence-corrected chi connectivity index (χ2v) is 3.11. The van der Waals surface area contributed by atoms with E-state index in [-0.39, 0.29) is 0 Å². The molecule has 0 saturated carbocycles. The van der Waals surface area contributed by atoms with Crippen LogP contribution >= 0.6 is 0 Å². The maximum atomic E-state index is 5.63. The van der Waals surface area contributed by atoms with Crippen molar-refractivity contribution in [1.29, 1.82) is 0 Å². The van der Waals surface area contributed by atoms with Crippen LogP contribution in [0.5, 0.6) is 0 Å². The van der Waals surface area contributed by atoms with E-state index >= 15 is 0 Å². The lowest BCUT2D eigenvalue weighted by Gasteiger charge is -2.13. The van der Waals surface area contributed by atoms with Crippen molar-refractivity contribution in [3.8, 4) is 0 Å². The van der Waals surface area contributed by atoms with Gasteiger partial charge in [0.1, 0.15) is 6.10 Å². The van der Waals surface area contributed by atoms with Crippen LogP contribution in [-0.4, -0.2) is 25.4 Å². The molecule has 0 aliphatic carbocycles. The lowest BCUT2D eigenvalue weighted by Crippen LogP contribution is -2.14. The Bertz CT molecular complexity index is 99.7. The maximum absolute atomic E-state index is 5.63. The second-order valence-electron chi connectivity index (χ2n) is 3.11. The van der Waals surface area contributed by atoms with Crippen molar-refractivity contribution in [2.75, 3.05) is 13.2 Å². The molecule has 1 rings (SSSR count). The summed E-state index contributed by atoms with van der Waals surface area (Å²) in [6, 6.07) is 0. The van der Waals surface area contributed by atoms with Crippen LogP contribution in [0, 0.1) is 0 Å². The van der Waals surface area contributed by atoms with Gasteiger partial charge in [-0.1, -0.05) is 20.3 Å². The fourth-order valence-electron chi connectivity index (χ4n) is 1.13. The van der Waals surface area contributed by atoms with Crippen molar-refractivity contribution >= 4 is 0 Å². The molecule has 2 heteroatoms. The Balaban J connectivity index is 1.98. The molecule has 0 radical (unpaired) electrons. The predicted molar refractivity (Wildman–Crippen MR) is 44.7 cm³/mol. The molecule has 0 bridgehead atoms. The van der Waals surface area contributed by atoms with Gasteiger partial charge in [0.05, 0.1) is 19.3 Å². The van der Waals surface area contributed by atoms with E-state index in [1.807, 2.05) is 0 Å². The van der Waals surface area contributed by atoms with E-state index in [1.54, 1.807) is 0 Å². The summed E-state index contributed by atoms with van der Waals surface area (Å²) in [5, 5.41) is 0. The molecule has 0 aromatic rings. The zero-order chi connectivity index (χ0) is 8.10. The third-order valence-electron chi connectivity index (χ3n) is 1.99. The summed E-state index contributed by atoms with van der Waals surface area (Å²) < 4.78 is 10.7. The van der Waals surface area contributed by atoms with Gasteiger partial charge in [-0.15, -0.1) is 0 Å². The van der Waals surface area contributed by atoms with E-state index in [0.717, 1.165) is 19.6 Å².